The standard InChI is InChI=1S/C11H14N4O/c1-15-6-8(14-7-15)10(12)11-9(16-2)4-3-5-13-11/h3-7,10H,12H2,1-2H3. The number of rotatable bonds is 3. The molecule has 0 aliphatic carbocycles. The number of hydrogen-bond donors (Lipinski definition) is 1. The molecule has 0 aliphatic heterocycles. The van der Waals surface area contributed by atoms with Crippen molar-refractivity contribution in [3.63, 3.8) is 0 Å². The lowest BCUT2D eigenvalue weighted by Crippen LogP contribution is -2.15. The van der Waals surface area contributed by atoms with E-state index in [1.54, 1.807) is 19.6 Å². The van der Waals surface area contributed by atoms with Crippen LogP contribution in [0.5, 0.6) is 5.75 Å². The van der Waals surface area contributed by atoms with Gasteiger partial charge in [-0.1, -0.05) is 0 Å². The Bertz CT molecular complexity index is 480. The normalized spacial score (nSPS) is 12.4. The molecule has 0 saturated heterocycles. The number of aromatic nitrogens is 3. The predicted octanol–water partition coefficient (Wildman–Crippen LogP) is 0.872. The van der Waals surface area contributed by atoms with E-state index in [9.17, 15) is 0 Å². The molecular weight excluding hydrogens is 204 g/mol. The van der Waals surface area contributed by atoms with Gasteiger partial charge in [0.1, 0.15) is 11.4 Å². The lowest BCUT2D eigenvalue weighted by Gasteiger charge is -2.11. The van der Waals surface area contributed by atoms with Crippen molar-refractivity contribution in [1.29, 1.82) is 0 Å². The quantitative estimate of drug-likeness (QED) is 0.830. The molecule has 0 aromatic carbocycles. The Morgan fingerprint density at radius 1 is 1.44 bits per heavy atom. The minimum Gasteiger partial charge on any atom is -0.495 e. The third-order valence-electron chi connectivity index (χ3n) is 2.36. The van der Waals surface area contributed by atoms with Gasteiger partial charge in [0.05, 0.1) is 25.2 Å². The predicted molar refractivity (Wildman–Crippen MR) is 60.0 cm³/mol. The molecule has 5 heteroatoms. The van der Waals surface area contributed by atoms with E-state index >= 15 is 0 Å². The Kier molecular flexibility index (Phi) is 2.87. The van der Waals surface area contributed by atoms with Crippen molar-refractivity contribution in [3.8, 4) is 5.75 Å². The number of aryl methyl sites for hydroxylation is 1. The molecule has 0 aliphatic rings. The van der Waals surface area contributed by atoms with Crippen LogP contribution in [0.4, 0.5) is 0 Å². The van der Waals surface area contributed by atoms with E-state index in [1.807, 2.05) is 29.9 Å². The van der Waals surface area contributed by atoms with E-state index in [1.165, 1.54) is 0 Å². The number of nitrogens with two attached hydrogens (primary N) is 1. The monoisotopic (exact) mass is 218 g/mol. The first-order valence-corrected chi connectivity index (χ1v) is 4.94. The van der Waals surface area contributed by atoms with Crippen LogP contribution in [0.3, 0.4) is 0 Å². The first-order chi connectivity index (χ1) is 7.72. The number of nitrogens with zero attached hydrogens (tertiary/aromatic N) is 3. The highest BCUT2D eigenvalue weighted by molar-refractivity contribution is 5.33. The summed E-state index contributed by atoms with van der Waals surface area (Å²) >= 11 is 0. The van der Waals surface area contributed by atoms with E-state index in [0.29, 0.717) is 11.4 Å². The van der Waals surface area contributed by atoms with Crippen LogP contribution in [0.25, 0.3) is 0 Å². The third kappa shape index (κ3) is 1.90. The smallest absolute Gasteiger partial charge is 0.142 e. The SMILES string of the molecule is COc1cccnc1C(N)c1cn(C)cn1. The molecule has 16 heavy (non-hydrogen) atoms. The summed E-state index contributed by atoms with van der Waals surface area (Å²) in [5, 5.41) is 0. The minimum atomic E-state index is -0.364. The summed E-state index contributed by atoms with van der Waals surface area (Å²) < 4.78 is 7.07. The zero-order valence-electron chi connectivity index (χ0n) is 9.29. The third-order valence-corrected chi connectivity index (χ3v) is 2.36. The Balaban J connectivity index is 2.36. The molecule has 0 bridgehead atoms. The molecule has 84 valence electrons. The lowest BCUT2D eigenvalue weighted by molar-refractivity contribution is 0.404. The van der Waals surface area contributed by atoms with Crippen molar-refractivity contribution in [1.82, 2.24) is 14.5 Å². The summed E-state index contributed by atoms with van der Waals surface area (Å²) in [6, 6.07) is 3.29. The number of hydrogen-bond acceptors (Lipinski definition) is 4. The molecule has 0 spiro atoms. The molecule has 2 rings (SSSR count). The van der Waals surface area contributed by atoms with Gasteiger partial charge in [-0.05, 0) is 12.1 Å². The first kappa shape index (κ1) is 10.6. The fraction of sp³-hybridized carbons (Fsp3) is 0.273. The maximum Gasteiger partial charge on any atom is 0.142 e. The van der Waals surface area contributed by atoms with Gasteiger partial charge < -0.3 is 15.0 Å². The lowest BCUT2D eigenvalue weighted by atomic mass is 10.1. The molecule has 0 amide bonds. The summed E-state index contributed by atoms with van der Waals surface area (Å²) in [5.41, 5.74) is 7.56. The summed E-state index contributed by atoms with van der Waals surface area (Å²) in [6.07, 6.45) is 5.28. The van der Waals surface area contributed by atoms with Crippen molar-refractivity contribution < 1.29 is 4.74 Å². The van der Waals surface area contributed by atoms with Gasteiger partial charge in [0.15, 0.2) is 0 Å². The maximum absolute atomic E-state index is 6.09. The maximum atomic E-state index is 6.09. The van der Waals surface area contributed by atoms with Gasteiger partial charge >= 0.3 is 0 Å². The topological polar surface area (TPSA) is 66.0 Å². The van der Waals surface area contributed by atoms with Crippen molar-refractivity contribution in [2.24, 2.45) is 12.8 Å². The molecule has 0 saturated carbocycles. The van der Waals surface area contributed by atoms with E-state index < -0.39 is 0 Å². The first-order valence-electron chi connectivity index (χ1n) is 4.94. The highest BCUT2D eigenvalue weighted by atomic mass is 16.5. The van der Waals surface area contributed by atoms with Crippen molar-refractivity contribution in [3.05, 3.63) is 42.2 Å². The molecule has 0 fully saturated rings. The summed E-state index contributed by atoms with van der Waals surface area (Å²) in [7, 11) is 3.50. The molecular formula is C11H14N4O. The summed E-state index contributed by atoms with van der Waals surface area (Å²) in [5.74, 6) is 0.681. The summed E-state index contributed by atoms with van der Waals surface area (Å²) in [6.45, 7) is 0. The van der Waals surface area contributed by atoms with E-state index in [4.69, 9.17) is 10.5 Å². The second-order valence-electron chi connectivity index (χ2n) is 3.53. The molecule has 1 unspecified atom stereocenters. The fourth-order valence-electron chi connectivity index (χ4n) is 1.54. The van der Waals surface area contributed by atoms with Crippen LogP contribution >= 0.6 is 0 Å². The Labute approximate surface area is 93.9 Å². The molecule has 2 heterocycles. The molecule has 2 aromatic heterocycles. The van der Waals surface area contributed by atoms with Gasteiger partial charge in [-0.25, -0.2) is 4.98 Å². The average molecular weight is 218 g/mol. The van der Waals surface area contributed by atoms with Crippen molar-refractivity contribution >= 4 is 0 Å². The molecule has 2 N–H and O–H groups in total. The molecule has 2 aromatic rings. The number of ether oxygens (including phenoxy) is 1. The number of pyridine rings is 1. The second kappa shape index (κ2) is 4.32. The van der Waals surface area contributed by atoms with Gasteiger partial charge in [-0.15, -0.1) is 0 Å². The van der Waals surface area contributed by atoms with Crippen LogP contribution in [0.2, 0.25) is 0 Å². The Hall–Kier alpha value is -1.88. The highest BCUT2D eigenvalue weighted by Crippen LogP contribution is 2.24. The van der Waals surface area contributed by atoms with Gasteiger partial charge in [0.2, 0.25) is 0 Å². The fourth-order valence-corrected chi connectivity index (χ4v) is 1.54. The van der Waals surface area contributed by atoms with Crippen molar-refractivity contribution in [2.45, 2.75) is 6.04 Å². The van der Waals surface area contributed by atoms with E-state index in [0.717, 1.165) is 5.69 Å². The molecule has 0 radical (unpaired) electrons. The van der Waals surface area contributed by atoms with Crippen LogP contribution in [0.15, 0.2) is 30.9 Å². The van der Waals surface area contributed by atoms with Crippen LogP contribution in [-0.2, 0) is 7.05 Å². The average Bonchev–Trinajstić information content (AvgIpc) is 2.75. The van der Waals surface area contributed by atoms with E-state index in [2.05, 4.69) is 9.97 Å². The molecule has 1 atom stereocenters. The van der Waals surface area contributed by atoms with Crippen LogP contribution in [0, 0.1) is 0 Å². The van der Waals surface area contributed by atoms with Crippen LogP contribution in [0.1, 0.15) is 17.4 Å². The number of methoxy groups -OCH3 is 1. The van der Waals surface area contributed by atoms with Gasteiger partial charge in [-0.3, -0.25) is 4.98 Å². The zero-order chi connectivity index (χ0) is 11.5. The van der Waals surface area contributed by atoms with Crippen molar-refractivity contribution in [2.75, 3.05) is 7.11 Å². The second-order valence-corrected chi connectivity index (χ2v) is 3.53. The Morgan fingerprint density at radius 2 is 2.25 bits per heavy atom. The van der Waals surface area contributed by atoms with Crippen LogP contribution in [-0.4, -0.2) is 21.6 Å². The highest BCUT2D eigenvalue weighted by Gasteiger charge is 2.17. The van der Waals surface area contributed by atoms with Crippen LogP contribution < -0.4 is 10.5 Å². The van der Waals surface area contributed by atoms with Gasteiger partial charge in [0.25, 0.3) is 0 Å². The van der Waals surface area contributed by atoms with Gasteiger partial charge in [-0.2, -0.15) is 0 Å². The largest absolute Gasteiger partial charge is 0.495 e. The zero-order valence-corrected chi connectivity index (χ0v) is 9.29. The minimum absolute atomic E-state index is 0.364. The van der Waals surface area contributed by atoms with Gasteiger partial charge in [0, 0.05) is 19.4 Å². The molecule has 5 nitrogen and oxygen atoms in total. The van der Waals surface area contributed by atoms with E-state index in [-0.39, 0.29) is 6.04 Å². The summed E-state index contributed by atoms with van der Waals surface area (Å²) in [4.78, 5) is 8.45. The Morgan fingerprint density at radius 3 is 2.88 bits per heavy atom. The number of imidazole rings is 1.